The zero-order valence-corrected chi connectivity index (χ0v) is 16.0. The molecule has 0 amide bonds. The molecule has 0 spiro atoms. The number of rotatable bonds is 5. The van der Waals surface area contributed by atoms with E-state index in [9.17, 15) is 15.4 Å². The summed E-state index contributed by atoms with van der Waals surface area (Å²) in [5.74, 6) is 0.208. The highest BCUT2D eigenvalue weighted by molar-refractivity contribution is 5.71. The van der Waals surface area contributed by atoms with E-state index in [0.717, 1.165) is 11.3 Å². The number of hydrogen-bond donors (Lipinski definition) is 2. The predicted octanol–water partition coefficient (Wildman–Crippen LogP) is 3.60. The SMILES string of the molecule is CCOc1ccc(-c2[nH]nc3c2[C@@H](c2cccc([N+](=O)[O-])c2)C(C#N)=C(N)O3)cc1. The molecule has 9 nitrogen and oxygen atoms in total. The number of fused-ring (bicyclic) bond motifs is 1. The van der Waals surface area contributed by atoms with E-state index in [1.54, 1.807) is 12.1 Å². The summed E-state index contributed by atoms with van der Waals surface area (Å²) in [6.45, 7) is 2.46. The van der Waals surface area contributed by atoms with Crippen molar-refractivity contribution in [2.75, 3.05) is 6.61 Å². The van der Waals surface area contributed by atoms with E-state index in [1.165, 1.54) is 12.1 Å². The number of nitrogens with one attached hydrogen (secondary N) is 1. The van der Waals surface area contributed by atoms with Gasteiger partial charge in [-0.1, -0.05) is 12.1 Å². The number of nitro groups is 1. The lowest BCUT2D eigenvalue weighted by molar-refractivity contribution is -0.384. The molecule has 2 heterocycles. The average Bonchev–Trinajstić information content (AvgIpc) is 3.16. The monoisotopic (exact) mass is 403 g/mol. The van der Waals surface area contributed by atoms with E-state index in [1.807, 2.05) is 31.2 Å². The number of non-ortho nitro benzene ring substituents is 1. The fraction of sp³-hybridized carbons (Fsp3) is 0.143. The maximum absolute atomic E-state index is 11.3. The minimum absolute atomic E-state index is 0.0775. The van der Waals surface area contributed by atoms with Crippen molar-refractivity contribution in [3.63, 3.8) is 0 Å². The first-order valence-electron chi connectivity index (χ1n) is 9.17. The Morgan fingerprint density at radius 1 is 1.33 bits per heavy atom. The number of ether oxygens (including phenoxy) is 2. The van der Waals surface area contributed by atoms with E-state index < -0.39 is 10.8 Å². The maximum Gasteiger partial charge on any atom is 0.269 e. The average molecular weight is 403 g/mol. The summed E-state index contributed by atoms with van der Waals surface area (Å²) in [6.07, 6.45) is 0. The number of hydrogen-bond acceptors (Lipinski definition) is 7. The van der Waals surface area contributed by atoms with Crippen LogP contribution in [0, 0.1) is 21.4 Å². The molecule has 0 saturated carbocycles. The summed E-state index contributed by atoms with van der Waals surface area (Å²) in [4.78, 5) is 10.8. The van der Waals surface area contributed by atoms with Gasteiger partial charge in [0, 0.05) is 17.7 Å². The predicted molar refractivity (Wildman–Crippen MR) is 108 cm³/mol. The molecule has 0 bridgehead atoms. The molecule has 0 unspecified atom stereocenters. The van der Waals surface area contributed by atoms with E-state index in [0.29, 0.717) is 23.4 Å². The van der Waals surface area contributed by atoms with Crippen LogP contribution < -0.4 is 15.2 Å². The first kappa shape index (κ1) is 19.0. The number of nitro benzene ring substituents is 1. The van der Waals surface area contributed by atoms with Crippen molar-refractivity contribution >= 4 is 5.69 Å². The van der Waals surface area contributed by atoms with Crippen LogP contribution in [0.5, 0.6) is 11.6 Å². The van der Waals surface area contributed by atoms with Gasteiger partial charge < -0.3 is 15.2 Å². The van der Waals surface area contributed by atoms with Crippen molar-refractivity contribution < 1.29 is 14.4 Å². The number of aromatic amines is 1. The van der Waals surface area contributed by atoms with Gasteiger partial charge in [0.1, 0.15) is 17.4 Å². The number of allylic oxidation sites excluding steroid dienone is 1. The molecular formula is C21H17N5O4. The van der Waals surface area contributed by atoms with Crippen molar-refractivity contribution in [1.82, 2.24) is 10.2 Å². The highest BCUT2D eigenvalue weighted by Crippen LogP contribution is 2.46. The van der Waals surface area contributed by atoms with Crippen LogP contribution in [0.1, 0.15) is 24.0 Å². The Kier molecular flexibility index (Phi) is 4.82. The third-order valence-electron chi connectivity index (χ3n) is 4.81. The Morgan fingerprint density at radius 3 is 2.77 bits per heavy atom. The van der Waals surface area contributed by atoms with E-state index >= 15 is 0 Å². The zero-order valence-electron chi connectivity index (χ0n) is 16.0. The number of H-pyrrole nitrogens is 1. The summed E-state index contributed by atoms with van der Waals surface area (Å²) in [5, 5.41) is 28.2. The lowest BCUT2D eigenvalue weighted by Crippen LogP contribution is -2.21. The molecule has 0 fully saturated rings. The quantitative estimate of drug-likeness (QED) is 0.490. The second kappa shape index (κ2) is 7.60. The van der Waals surface area contributed by atoms with Gasteiger partial charge in [-0.15, -0.1) is 5.10 Å². The van der Waals surface area contributed by atoms with Crippen molar-refractivity contribution in [3.05, 3.63) is 81.2 Å². The standard InChI is InChI=1S/C21H17N5O4/c1-2-29-15-8-6-12(7-9-15)19-18-17(13-4-3-5-14(10-13)26(27)28)16(11-22)20(23)30-21(18)25-24-19/h3-10,17H,2,23H2,1H3,(H,24,25)/t17-/m0/s1. The highest BCUT2D eigenvalue weighted by Gasteiger charge is 2.36. The van der Waals surface area contributed by atoms with Gasteiger partial charge in [-0.05, 0) is 36.8 Å². The second-order valence-electron chi connectivity index (χ2n) is 6.55. The van der Waals surface area contributed by atoms with Gasteiger partial charge in [-0.2, -0.15) is 5.26 Å². The van der Waals surface area contributed by atoms with Gasteiger partial charge >= 0.3 is 0 Å². The fourth-order valence-corrected chi connectivity index (χ4v) is 3.50. The Morgan fingerprint density at radius 2 is 2.10 bits per heavy atom. The molecule has 9 heteroatoms. The fourth-order valence-electron chi connectivity index (χ4n) is 3.50. The molecule has 4 rings (SSSR count). The minimum Gasteiger partial charge on any atom is -0.494 e. The Hall–Kier alpha value is -4.32. The summed E-state index contributed by atoms with van der Waals surface area (Å²) in [6, 6.07) is 15.6. The molecular weight excluding hydrogens is 386 g/mol. The van der Waals surface area contributed by atoms with E-state index in [4.69, 9.17) is 15.2 Å². The molecule has 30 heavy (non-hydrogen) atoms. The molecule has 1 aromatic heterocycles. The number of aromatic nitrogens is 2. The van der Waals surface area contributed by atoms with Crippen molar-refractivity contribution in [1.29, 1.82) is 5.26 Å². The van der Waals surface area contributed by atoms with Crippen LogP contribution in [0.15, 0.2) is 60.0 Å². The van der Waals surface area contributed by atoms with Crippen LogP contribution >= 0.6 is 0 Å². The largest absolute Gasteiger partial charge is 0.494 e. The third-order valence-corrected chi connectivity index (χ3v) is 4.81. The maximum atomic E-state index is 11.3. The van der Waals surface area contributed by atoms with Gasteiger partial charge in [-0.3, -0.25) is 15.2 Å². The van der Waals surface area contributed by atoms with Gasteiger partial charge in [0.15, 0.2) is 0 Å². The molecule has 0 aliphatic carbocycles. The van der Waals surface area contributed by atoms with E-state index in [2.05, 4.69) is 16.3 Å². The molecule has 3 N–H and O–H groups in total. The molecule has 0 radical (unpaired) electrons. The van der Waals surface area contributed by atoms with Crippen molar-refractivity contribution in [2.24, 2.45) is 5.73 Å². The van der Waals surface area contributed by atoms with Crippen LogP contribution in [0.3, 0.4) is 0 Å². The van der Waals surface area contributed by atoms with Crippen LogP contribution in [0.4, 0.5) is 5.69 Å². The van der Waals surface area contributed by atoms with Crippen molar-refractivity contribution in [2.45, 2.75) is 12.8 Å². The molecule has 0 saturated heterocycles. The molecule has 3 aromatic rings. The first-order chi connectivity index (χ1) is 14.5. The molecule has 1 aliphatic heterocycles. The van der Waals surface area contributed by atoms with Gasteiger partial charge in [0.2, 0.25) is 11.8 Å². The van der Waals surface area contributed by atoms with Crippen molar-refractivity contribution in [3.8, 4) is 29.0 Å². The lowest BCUT2D eigenvalue weighted by atomic mass is 9.83. The van der Waals surface area contributed by atoms with Crippen LogP contribution in [0.25, 0.3) is 11.3 Å². The van der Waals surface area contributed by atoms with Gasteiger partial charge in [-0.25, -0.2) is 0 Å². The van der Waals surface area contributed by atoms with Crippen LogP contribution in [-0.4, -0.2) is 21.7 Å². The molecule has 150 valence electrons. The Labute approximate surface area is 171 Å². The number of benzene rings is 2. The van der Waals surface area contributed by atoms with E-state index in [-0.39, 0.29) is 23.0 Å². The lowest BCUT2D eigenvalue weighted by Gasteiger charge is -2.24. The number of nitrogens with zero attached hydrogens (tertiary/aromatic N) is 3. The normalized spacial score (nSPS) is 15.1. The summed E-state index contributed by atoms with van der Waals surface area (Å²) < 4.78 is 11.0. The molecule has 1 aliphatic rings. The summed E-state index contributed by atoms with van der Waals surface area (Å²) >= 11 is 0. The van der Waals surface area contributed by atoms with Gasteiger partial charge in [0.05, 0.1) is 28.7 Å². The summed E-state index contributed by atoms with van der Waals surface area (Å²) in [7, 11) is 0. The number of nitrogens with two attached hydrogens (primary N) is 1. The van der Waals surface area contributed by atoms with Crippen LogP contribution in [0.2, 0.25) is 0 Å². The number of nitriles is 1. The highest BCUT2D eigenvalue weighted by atomic mass is 16.6. The van der Waals surface area contributed by atoms with Gasteiger partial charge in [0.25, 0.3) is 5.69 Å². The first-order valence-corrected chi connectivity index (χ1v) is 9.17. The molecule has 2 aromatic carbocycles. The molecule has 1 atom stereocenters. The summed E-state index contributed by atoms with van der Waals surface area (Å²) in [5.41, 5.74) is 8.60. The third kappa shape index (κ3) is 3.20. The Balaban J connectivity index is 1.88. The minimum atomic E-state index is -0.668. The zero-order chi connectivity index (χ0) is 21.3. The topological polar surface area (TPSA) is 140 Å². The Bertz CT molecular complexity index is 1190. The second-order valence-corrected chi connectivity index (χ2v) is 6.55. The smallest absolute Gasteiger partial charge is 0.269 e. The van der Waals surface area contributed by atoms with Crippen LogP contribution in [-0.2, 0) is 0 Å².